The molecule has 0 unspecified atom stereocenters. The van der Waals surface area contributed by atoms with E-state index in [2.05, 4.69) is 20.4 Å². The van der Waals surface area contributed by atoms with Crippen molar-refractivity contribution >= 4 is 17.0 Å². The molecule has 132 valence electrons. The fourth-order valence-electron chi connectivity index (χ4n) is 2.73. The first-order chi connectivity index (χ1) is 11.8. The van der Waals surface area contributed by atoms with Gasteiger partial charge < -0.3 is 10.1 Å². The zero-order valence-electron chi connectivity index (χ0n) is 15.2. The van der Waals surface area contributed by atoms with Gasteiger partial charge in [0.1, 0.15) is 11.1 Å². The highest BCUT2D eigenvalue weighted by atomic mass is 16.5. The molecule has 2 heterocycles. The fourth-order valence-corrected chi connectivity index (χ4v) is 2.73. The summed E-state index contributed by atoms with van der Waals surface area (Å²) in [5.74, 6) is 1.28. The number of H-pyrrole nitrogens is 1. The Morgan fingerprint density at radius 1 is 1.32 bits per heavy atom. The van der Waals surface area contributed by atoms with Crippen molar-refractivity contribution in [3.05, 3.63) is 45.9 Å². The van der Waals surface area contributed by atoms with Crippen LogP contribution < -0.4 is 15.6 Å². The van der Waals surface area contributed by atoms with E-state index in [1.54, 1.807) is 18.0 Å². The van der Waals surface area contributed by atoms with Gasteiger partial charge in [0.2, 0.25) is 5.95 Å². The monoisotopic (exact) mass is 341 g/mol. The van der Waals surface area contributed by atoms with Crippen LogP contribution in [0.2, 0.25) is 0 Å². The van der Waals surface area contributed by atoms with Crippen LogP contribution in [0.1, 0.15) is 31.9 Å². The van der Waals surface area contributed by atoms with Gasteiger partial charge >= 0.3 is 0 Å². The summed E-state index contributed by atoms with van der Waals surface area (Å²) in [5, 5.41) is 7.98. The maximum atomic E-state index is 12.3. The van der Waals surface area contributed by atoms with E-state index in [-0.39, 0.29) is 11.1 Å². The average molecular weight is 341 g/mol. The summed E-state index contributed by atoms with van der Waals surface area (Å²) in [7, 11) is 1.66. The summed E-state index contributed by atoms with van der Waals surface area (Å²) in [6.45, 7) is 8.61. The molecule has 0 saturated carbocycles. The standard InChI is InChI=1S/C18H23N5O2/c1-11-8-12(6-7-14(11)25-5)9-19-17-21-15-13(16(24)22-17)10-20-23(15)18(2,3)4/h6-8,10H,9H2,1-5H3,(H2,19,21,22,24). The van der Waals surface area contributed by atoms with Gasteiger partial charge in [-0.15, -0.1) is 0 Å². The SMILES string of the molecule is COc1ccc(CNc2nc3c(cnn3C(C)(C)C)c(=O)[nH]2)cc1C. The predicted octanol–water partition coefficient (Wildman–Crippen LogP) is 2.80. The highest BCUT2D eigenvalue weighted by Crippen LogP contribution is 2.20. The lowest BCUT2D eigenvalue weighted by atomic mass is 10.1. The second kappa shape index (κ2) is 6.23. The minimum atomic E-state index is -0.257. The molecule has 2 aromatic heterocycles. The van der Waals surface area contributed by atoms with Crippen molar-refractivity contribution in [1.82, 2.24) is 19.7 Å². The molecule has 0 fully saturated rings. The van der Waals surface area contributed by atoms with Gasteiger partial charge in [-0.2, -0.15) is 10.1 Å². The number of rotatable bonds is 4. The normalized spacial score (nSPS) is 11.7. The number of aryl methyl sites for hydroxylation is 1. The van der Waals surface area contributed by atoms with Crippen molar-refractivity contribution in [3.63, 3.8) is 0 Å². The van der Waals surface area contributed by atoms with E-state index in [0.29, 0.717) is 23.5 Å². The van der Waals surface area contributed by atoms with Gasteiger partial charge in [0.05, 0.1) is 18.8 Å². The maximum Gasteiger partial charge on any atom is 0.263 e. The third-order valence-electron chi connectivity index (χ3n) is 3.99. The van der Waals surface area contributed by atoms with E-state index in [1.807, 2.05) is 45.9 Å². The molecule has 0 aliphatic rings. The van der Waals surface area contributed by atoms with Crippen LogP contribution in [-0.2, 0) is 12.1 Å². The first kappa shape index (κ1) is 17.0. The molecule has 2 N–H and O–H groups in total. The van der Waals surface area contributed by atoms with Gasteiger partial charge in [-0.1, -0.05) is 12.1 Å². The molecule has 25 heavy (non-hydrogen) atoms. The molecule has 0 atom stereocenters. The van der Waals surface area contributed by atoms with Crippen molar-refractivity contribution in [2.24, 2.45) is 0 Å². The summed E-state index contributed by atoms with van der Waals surface area (Å²) >= 11 is 0. The molecular formula is C18H23N5O2. The molecule has 0 spiro atoms. The number of nitrogens with one attached hydrogen (secondary N) is 2. The van der Waals surface area contributed by atoms with Gasteiger partial charge in [-0.05, 0) is 44.9 Å². The minimum absolute atomic E-state index is 0.200. The van der Waals surface area contributed by atoms with Crippen LogP contribution in [0.15, 0.2) is 29.2 Å². The molecule has 3 rings (SSSR count). The fraction of sp³-hybridized carbons (Fsp3) is 0.389. The Kier molecular flexibility index (Phi) is 4.24. The van der Waals surface area contributed by atoms with Crippen molar-refractivity contribution in [2.75, 3.05) is 12.4 Å². The van der Waals surface area contributed by atoms with E-state index in [0.717, 1.165) is 16.9 Å². The second-order valence-corrected chi connectivity index (χ2v) is 7.04. The van der Waals surface area contributed by atoms with Crippen molar-refractivity contribution in [3.8, 4) is 5.75 Å². The predicted molar refractivity (Wildman–Crippen MR) is 98.2 cm³/mol. The molecule has 3 aromatic rings. The highest BCUT2D eigenvalue weighted by Gasteiger charge is 2.19. The van der Waals surface area contributed by atoms with Crippen molar-refractivity contribution < 1.29 is 4.74 Å². The molecule has 0 saturated heterocycles. The number of aromatic amines is 1. The Hall–Kier alpha value is -2.83. The number of hydrogen-bond donors (Lipinski definition) is 2. The number of ether oxygens (including phenoxy) is 1. The van der Waals surface area contributed by atoms with Crippen molar-refractivity contribution in [2.45, 2.75) is 39.8 Å². The summed E-state index contributed by atoms with van der Waals surface area (Å²) in [6, 6.07) is 5.96. The second-order valence-electron chi connectivity index (χ2n) is 7.04. The number of nitrogens with zero attached hydrogens (tertiary/aromatic N) is 3. The number of methoxy groups -OCH3 is 1. The molecular weight excluding hydrogens is 318 g/mol. The topological polar surface area (TPSA) is 84.8 Å². The number of benzene rings is 1. The number of fused-ring (bicyclic) bond motifs is 1. The summed E-state index contributed by atoms with van der Waals surface area (Å²) in [6.07, 6.45) is 1.56. The zero-order valence-corrected chi connectivity index (χ0v) is 15.2. The number of hydrogen-bond acceptors (Lipinski definition) is 5. The Bertz CT molecular complexity index is 966. The zero-order chi connectivity index (χ0) is 18.2. The molecule has 1 aromatic carbocycles. The summed E-state index contributed by atoms with van der Waals surface area (Å²) < 4.78 is 7.04. The molecule has 7 heteroatoms. The third-order valence-corrected chi connectivity index (χ3v) is 3.99. The van der Waals surface area contributed by atoms with E-state index in [1.165, 1.54) is 0 Å². The van der Waals surface area contributed by atoms with Gasteiger partial charge in [-0.3, -0.25) is 9.78 Å². The van der Waals surface area contributed by atoms with Crippen LogP contribution in [-0.4, -0.2) is 26.9 Å². The largest absolute Gasteiger partial charge is 0.496 e. The van der Waals surface area contributed by atoms with Gasteiger partial charge in [0.25, 0.3) is 5.56 Å². The van der Waals surface area contributed by atoms with Crippen LogP contribution >= 0.6 is 0 Å². The number of aromatic nitrogens is 4. The van der Waals surface area contributed by atoms with Crippen LogP contribution in [0.4, 0.5) is 5.95 Å². The maximum absolute atomic E-state index is 12.3. The molecule has 0 aliphatic heterocycles. The summed E-state index contributed by atoms with van der Waals surface area (Å²) in [4.78, 5) is 19.6. The molecule has 0 radical (unpaired) electrons. The molecule has 0 aliphatic carbocycles. The number of anilines is 1. The summed E-state index contributed by atoms with van der Waals surface area (Å²) in [5.41, 5.74) is 2.25. The lowest BCUT2D eigenvalue weighted by molar-refractivity contribution is 0.366. The Morgan fingerprint density at radius 3 is 2.72 bits per heavy atom. The molecule has 7 nitrogen and oxygen atoms in total. The smallest absolute Gasteiger partial charge is 0.263 e. The third kappa shape index (κ3) is 3.35. The van der Waals surface area contributed by atoms with Gasteiger partial charge in [0, 0.05) is 6.54 Å². The van der Waals surface area contributed by atoms with Crippen LogP contribution in [0, 0.1) is 6.92 Å². The van der Waals surface area contributed by atoms with Crippen LogP contribution in [0.25, 0.3) is 11.0 Å². The minimum Gasteiger partial charge on any atom is -0.496 e. The lowest BCUT2D eigenvalue weighted by Gasteiger charge is -2.19. The van der Waals surface area contributed by atoms with E-state index in [4.69, 9.17) is 4.74 Å². The average Bonchev–Trinajstić information content (AvgIpc) is 2.98. The first-order valence-corrected chi connectivity index (χ1v) is 8.15. The lowest BCUT2D eigenvalue weighted by Crippen LogP contribution is -2.24. The Labute approximate surface area is 146 Å². The van der Waals surface area contributed by atoms with Crippen molar-refractivity contribution in [1.29, 1.82) is 0 Å². The van der Waals surface area contributed by atoms with E-state index in [9.17, 15) is 4.79 Å². The van der Waals surface area contributed by atoms with Gasteiger partial charge in [-0.25, -0.2) is 4.68 Å². The first-order valence-electron chi connectivity index (χ1n) is 8.15. The van der Waals surface area contributed by atoms with Crippen LogP contribution in [0.5, 0.6) is 5.75 Å². The van der Waals surface area contributed by atoms with Gasteiger partial charge in [0.15, 0.2) is 5.65 Å². The molecule has 0 bridgehead atoms. The van der Waals surface area contributed by atoms with E-state index < -0.39 is 0 Å². The molecule has 0 amide bonds. The van der Waals surface area contributed by atoms with E-state index >= 15 is 0 Å². The quantitative estimate of drug-likeness (QED) is 0.762. The highest BCUT2D eigenvalue weighted by molar-refractivity contribution is 5.74. The Balaban J connectivity index is 1.89. The van der Waals surface area contributed by atoms with Crippen LogP contribution in [0.3, 0.4) is 0 Å². The Morgan fingerprint density at radius 2 is 2.08 bits per heavy atom.